The van der Waals surface area contributed by atoms with Gasteiger partial charge in [0.1, 0.15) is 0 Å². The molecule has 0 radical (unpaired) electrons. The summed E-state index contributed by atoms with van der Waals surface area (Å²) in [5.41, 5.74) is 3.99. The Kier molecular flexibility index (Phi) is 7.23. The van der Waals surface area contributed by atoms with Gasteiger partial charge in [0.15, 0.2) is 0 Å². The van der Waals surface area contributed by atoms with Crippen molar-refractivity contribution in [3.05, 3.63) is 101 Å². The molecular formula is C26H29N3O3S. The molecule has 6 nitrogen and oxygen atoms in total. The fourth-order valence-corrected chi connectivity index (χ4v) is 5.32. The maximum absolute atomic E-state index is 12.8. The lowest BCUT2D eigenvalue weighted by Crippen LogP contribution is -2.48. The summed E-state index contributed by atoms with van der Waals surface area (Å²) in [7, 11) is -3.44. The zero-order valence-electron chi connectivity index (χ0n) is 18.8. The molecule has 172 valence electrons. The van der Waals surface area contributed by atoms with Crippen molar-refractivity contribution < 1.29 is 13.2 Å². The second kappa shape index (κ2) is 10.3. The summed E-state index contributed by atoms with van der Waals surface area (Å²) < 4.78 is 27.1. The Bertz CT molecular complexity index is 1170. The lowest BCUT2D eigenvalue weighted by molar-refractivity contribution is 0.0951. The number of nitrogens with zero attached hydrogens (tertiary/aromatic N) is 2. The predicted molar refractivity (Wildman–Crippen MR) is 129 cm³/mol. The van der Waals surface area contributed by atoms with Crippen molar-refractivity contribution in [2.45, 2.75) is 24.9 Å². The Morgan fingerprint density at radius 2 is 1.42 bits per heavy atom. The third kappa shape index (κ3) is 5.87. The van der Waals surface area contributed by atoms with Gasteiger partial charge < -0.3 is 5.32 Å². The first-order valence-corrected chi connectivity index (χ1v) is 12.6. The van der Waals surface area contributed by atoms with Crippen LogP contribution in [0.4, 0.5) is 0 Å². The van der Waals surface area contributed by atoms with Gasteiger partial charge in [-0.2, -0.15) is 4.31 Å². The van der Waals surface area contributed by atoms with Gasteiger partial charge in [0.2, 0.25) is 10.0 Å². The minimum Gasteiger partial charge on any atom is -0.348 e. The Hall–Kier alpha value is -3.00. The van der Waals surface area contributed by atoms with Gasteiger partial charge in [-0.05, 0) is 42.3 Å². The van der Waals surface area contributed by atoms with Crippen molar-refractivity contribution in [2.24, 2.45) is 0 Å². The number of rotatable bonds is 7. The number of carbonyl (C=O) groups excluding carboxylic acids is 1. The zero-order valence-corrected chi connectivity index (χ0v) is 19.6. The lowest BCUT2D eigenvalue weighted by atomic mass is 10.1. The van der Waals surface area contributed by atoms with Crippen molar-refractivity contribution in [2.75, 3.05) is 26.2 Å². The van der Waals surface area contributed by atoms with Crippen molar-refractivity contribution in [3.8, 4) is 0 Å². The molecule has 0 spiro atoms. The topological polar surface area (TPSA) is 69.7 Å². The summed E-state index contributed by atoms with van der Waals surface area (Å²) in [5, 5.41) is 2.96. The smallest absolute Gasteiger partial charge is 0.251 e. The van der Waals surface area contributed by atoms with E-state index in [1.165, 1.54) is 5.56 Å². The molecule has 1 amide bonds. The van der Waals surface area contributed by atoms with Crippen LogP contribution in [0.1, 0.15) is 27.0 Å². The molecule has 0 aliphatic carbocycles. The van der Waals surface area contributed by atoms with Crippen LogP contribution in [0.2, 0.25) is 0 Å². The third-order valence-electron chi connectivity index (χ3n) is 5.91. The van der Waals surface area contributed by atoms with E-state index in [1.807, 2.05) is 61.5 Å². The van der Waals surface area contributed by atoms with Crippen LogP contribution in [0, 0.1) is 6.92 Å². The molecule has 1 saturated heterocycles. The van der Waals surface area contributed by atoms with E-state index in [9.17, 15) is 13.2 Å². The van der Waals surface area contributed by atoms with E-state index < -0.39 is 10.0 Å². The van der Waals surface area contributed by atoms with Gasteiger partial charge in [0.05, 0.1) is 4.90 Å². The average molecular weight is 464 g/mol. The summed E-state index contributed by atoms with van der Waals surface area (Å²) in [6.07, 6.45) is 0. The molecule has 3 aromatic carbocycles. The highest BCUT2D eigenvalue weighted by atomic mass is 32.2. The first-order valence-electron chi connectivity index (χ1n) is 11.1. The molecule has 1 heterocycles. The molecule has 3 aromatic rings. The van der Waals surface area contributed by atoms with E-state index in [4.69, 9.17) is 0 Å². The van der Waals surface area contributed by atoms with E-state index in [-0.39, 0.29) is 5.91 Å². The highest BCUT2D eigenvalue weighted by Crippen LogP contribution is 2.18. The third-order valence-corrected chi connectivity index (χ3v) is 7.82. The number of hydrogen-bond donors (Lipinski definition) is 1. The van der Waals surface area contributed by atoms with Crippen LogP contribution >= 0.6 is 0 Å². The molecule has 0 atom stereocenters. The van der Waals surface area contributed by atoms with Gasteiger partial charge in [0, 0.05) is 44.8 Å². The largest absolute Gasteiger partial charge is 0.348 e. The molecule has 0 unspecified atom stereocenters. The second-order valence-electron chi connectivity index (χ2n) is 8.36. The van der Waals surface area contributed by atoms with Gasteiger partial charge >= 0.3 is 0 Å². The number of aryl methyl sites for hydroxylation is 1. The maximum Gasteiger partial charge on any atom is 0.251 e. The minimum absolute atomic E-state index is 0.0955. The standard InChI is InChI=1S/C26H29N3O3S/c1-21-7-9-22(10-8-21)19-27-26(30)24-13-11-23(12-14-24)20-28-15-17-29(18-16-28)33(31,32)25-5-3-2-4-6-25/h2-14H,15-20H2,1H3,(H,27,30). The number of benzene rings is 3. The summed E-state index contributed by atoms with van der Waals surface area (Å²) in [5.74, 6) is -0.0955. The Morgan fingerprint density at radius 3 is 2.06 bits per heavy atom. The van der Waals surface area contributed by atoms with Crippen molar-refractivity contribution in [1.82, 2.24) is 14.5 Å². The van der Waals surface area contributed by atoms with E-state index >= 15 is 0 Å². The van der Waals surface area contributed by atoms with Gasteiger partial charge in [-0.1, -0.05) is 60.2 Å². The first-order chi connectivity index (χ1) is 15.9. The van der Waals surface area contributed by atoms with Crippen LogP contribution < -0.4 is 5.32 Å². The number of carbonyl (C=O) groups is 1. The fraction of sp³-hybridized carbons (Fsp3) is 0.269. The fourth-order valence-electron chi connectivity index (χ4n) is 3.88. The number of amides is 1. The van der Waals surface area contributed by atoms with Crippen LogP contribution in [0.3, 0.4) is 0 Å². The second-order valence-corrected chi connectivity index (χ2v) is 10.3. The summed E-state index contributed by atoms with van der Waals surface area (Å²) in [6, 6.07) is 24.3. The average Bonchev–Trinajstić information content (AvgIpc) is 2.85. The normalized spacial score (nSPS) is 15.3. The number of nitrogens with one attached hydrogen (secondary N) is 1. The number of hydrogen-bond acceptors (Lipinski definition) is 4. The van der Waals surface area contributed by atoms with E-state index in [0.29, 0.717) is 43.2 Å². The molecule has 1 aliphatic rings. The van der Waals surface area contributed by atoms with E-state index in [2.05, 4.69) is 10.2 Å². The van der Waals surface area contributed by atoms with Crippen LogP contribution in [0.5, 0.6) is 0 Å². The van der Waals surface area contributed by atoms with Crippen molar-refractivity contribution >= 4 is 15.9 Å². The maximum atomic E-state index is 12.8. The van der Waals surface area contributed by atoms with Crippen LogP contribution in [0.15, 0.2) is 83.8 Å². The minimum atomic E-state index is -3.44. The molecule has 4 rings (SSSR count). The highest BCUT2D eigenvalue weighted by Gasteiger charge is 2.28. The van der Waals surface area contributed by atoms with E-state index in [1.54, 1.807) is 28.6 Å². The van der Waals surface area contributed by atoms with Gasteiger partial charge in [-0.15, -0.1) is 0 Å². The predicted octanol–water partition coefficient (Wildman–Crippen LogP) is 3.43. The van der Waals surface area contributed by atoms with Crippen LogP contribution in [0.25, 0.3) is 0 Å². The Labute approximate surface area is 195 Å². The number of sulfonamides is 1. The lowest BCUT2D eigenvalue weighted by Gasteiger charge is -2.34. The van der Waals surface area contributed by atoms with Crippen molar-refractivity contribution in [1.29, 1.82) is 0 Å². The van der Waals surface area contributed by atoms with Crippen LogP contribution in [-0.2, 0) is 23.1 Å². The highest BCUT2D eigenvalue weighted by molar-refractivity contribution is 7.89. The molecule has 7 heteroatoms. The zero-order chi connectivity index (χ0) is 23.3. The van der Waals surface area contributed by atoms with E-state index in [0.717, 1.165) is 17.7 Å². The molecule has 33 heavy (non-hydrogen) atoms. The number of piperazine rings is 1. The molecule has 0 aromatic heterocycles. The summed E-state index contributed by atoms with van der Waals surface area (Å²) in [6.45, 7) is 5.54. The first kappa shape index (κ1) is 23.2. The molecule has 0 bridgehead atoms. The van der Waals surface area contributed by atoms with Gasteiger partial charge in [-0.25, -0.2) is 8.42 Å². The quantitative estimate of drug-likeness (QED) is 0.583. The Balaban J connectivity index is 1.27. The molecule has 0 saturated carbocycles. The molecule has 1 N–H and O–H groups in total. The molecular weight excluding hydrogens is 434 g/mol. The Morgan fingerprint density at radius 1 is 0.818 bits per heavy atom. The molecule has 1 fully saturated rings. The molecule has 1 aliphatic heterocycles. The van der Waals surface area contributed by atoms with Crippen LogP contribution in [-0.4, -0.2) is 49.7 Å². The SMILES string of the molecule is Cc1ccc(CNC(=O)c2ccc(CN3CCN(S(=O)(=O)c4ccccc4)CC3)cc2)cc1. The van der Waals surface area contributed by atoms with Gasteiger partial charge in [-0.3, -0.25) is 9.69 Å². The van der Waals surface area contributed by atoms with Crippen molar-refractivity contribution in [3.63, 3.8) is 0 Å². The summed E-state index contributed by atoms with van der Waals surface area (Å²) in [4.78, 5) is 15.0. The van der Waals surface area contributed by atoms with Gasteiger partial charge in [0.25, 0.3) is 5.91 Å². The summed E-state index contributed by atoms with van der Waals surface area (Å²) >= 11 is 0. The monoisotopic (exact) mass is 463 g/mol.